The van der Waals surface area contributed by atoms with Gasteiger partial charge in [-0.05, 0) is 51.9 Å². The second-order valence-electron chi connectivity index (χ2n) is 13.9. The molecule has 0 amide bonds. The fourth-order valence-electron chi connectivity index (χ4n) is 7.98. The Morgan fingerprint density at radius 2 is 1.33 bits per heavy atom. The van der Waals surface area contributed by atoms with Gasteiger partial charge in [0, 0.05) is 75.2 Å². The summed E-state index contributed by atoms with van der Waals surface area (Å²) in [6.07, 6.45) is 0. The number of fused-ring (bicyclic) bond motifs is 4. The van der Waals surface area contributed by atoms with E-state index in [1.54, 1.807) is 18.2 Å². The van der Waals surface area contributed by atoms with E-state index in [0.717, 1.165) is 44.7 Å². The van der Waals surface area contributed by atoms with Crippen molar-refractivity contribution < 1.29 is 19.9 Å². The molecule has 258 valence electrons. The van der Waals surface area contributed by atoms with Crippen LogP contribution in [0.5, 0.6) is 11.5 Å². The highest BCUT2D eigenvalue weighted by Crippen LogP contribution is 2.58. The second kappa shape index (κ2) is 12.3. The summed E-state index contributed by atoms with van der Waals surface area (Å²) in [5.74, 6) is -0.441. The van der Waals surface area contributed by atoms with Crippen molar-refractivity contribution in [1.29, 1.82) is 5.26 Å². The Labute approximate surface area is 303 Å². The van der Waals surface area contributed by atoms with Crippen LogP contribution in [0.3, 0.4) is 0 Å². The van der Waals surface area contributed by atoms with Crippen molar-refractivity contribution in [3.8, 4) is 17.6 Å². The van der Waals surface area contributed by atoms with E-state index in [9.17, 15) is 15.5 Å². The van der Waals surface area contributed by atoms with Gasteiger partial charge >= 0.3 is 0 Å². The monoisotopic (exact) mass is 686 g/mol. The fraction of sp³-hybridized carbons (Fsp3) is 0.186. The lowest BCUT2D eigenvalue weighted by Gasteiger charge is -2.41. The van der Waals surface area contributed by atoms with Crippen LogP contribution in [-0.4, -0.2) is 76.9 Å². The second-order valence-corrected chi connectivity index (χ2v) is 13.9. The maximum absolute atomic E-state index is 15.3. The Kier molecular flexibility index (Phi) is 7.96. The van der Waals surface area contributed by atoms with Gasteiger partial charge in [0.15, 0.2) is 0 Å². The molecular weight excluding hydrogens is 649 g/mol. The maximum atomic E-state index is 15.3. The molecule has 0 saturated heterocycles. The third-order valence-electron chi connectivity index (χ3n) is 9.96. The van der Waals surface area contributed by atoms with Crippen LogP contribution in [0, 0.1) is 17.9 Å². The Morgan fingerprint density at radius 1 is 0.692 bits per heavy atom. The summed E-state index contributed by atoms with van der Waals surface area (Å²) >= 11 is 0. The molecule has 0 aromatic heterocycles. The third kappa shape index (κ3) is 4.63. The predicted octanol–water partition coefficient (Wildman–Crippen LogP) is 6.31. The summed E-state index contributed by atoms with van der Waals surface area (Å²) in [5, 5.41) is 51.9. The molecule has 5 aromatic carbocycles. The number of benzene rings is 5. The largest absolute Gasteiger partial charge is 0.872 e. The number of hydrogen-bond acceptors (Lipinski definition) is 7. The number of phenolic OH excluding ortho intramolecular Hbond substituents is 2. The molecule has 0 bridgehead atoms. The highest BCUT2D eigenvalue weighted by Gasteiger charge is 2.42. The number of aromatic hydroxyl groups is 2. The molecule has 0 aliphatic heterocycles. The van der Waals surface area contributed by atoms with Crippen molar-refractivity contribution in [2.24, 2.45) is 0 Å². The molecule has 7 rings (SSSR count). The van der Waals surface area contributed by atoms with Gasteiger partial charge < -0.3 is 30.0 Å². The average Bonchev–Trinajstić information content (AvgIpc) is 3.10. The van der Waals surface area contributed by atoms with Crippen LogP contribution >= 0.6 is 0 Å². The molecule has 0 heterocycles. The van der Waals surface area contributed by atoms with E-state index in [0.29, 0.717) is 33.0 Å². The standard InChI is InChI=1S/C43H38N6O3/c1-45-27(22-44)36-39(34-23-14-10-11-15-24(23)41(48(6)7)26-17-13-19-30(50)33(26)34)43(52)40(36)35-25-16-12-18-28(46(2)3)32(25)42(49(8)9)37-29(47(4)5)20-21-31(51)38(35)37/h10-21H,2-9H3,(H2-,50,51,52)/b36-27-. The van der Waals surface area contributed by atoms with E-state index in [1.165, 1.54) is 0 Å². The minimum absolute atomic E-state index is 0.0223. The molecule has 5 aromatic rings. The smallest absolute Gasteiger partial charge is 0.270 e. The molecule has 9 nitrogen and oxygen atoms in total. The third-order valence-corrected chi connectivity index (χ3v) is 9.96. The summed E-state index contributed by atoms with van der Waals surface area (Å²) in [6, 6.07) is 24.3. The Bertz CT molecular complexity index is 2610. The number of phenols is 2. The van der Waals surface area contributed by atoms with Crippen LogP contribution in [0.4, 0.5) is 17.1 Å². The van der Waals surface area contributed by atoms with Gasteiger partial charge in [0.25, 0.3) is 5.70 Å². The van der Waals surface area contributed by atoms with Crippen LogP contribution in [-0.2, 0) is 0 Å². The molecule has 2 aliphatic rings. The minimum atomic E-state index is -0.385. The number of hydrogen-bond donors (Lipinski definition) is 2. The van der Waals surface area contributed by atoms with Gasteiger partial charge in [-0.3, -0.25) is 0 Å². The van der Waals surface area contributed by atoms with Crippen molar-refractivity contribution >= 4 is 55.5 Å². The molecule has 0 spiro atoms. The Balaban J connectivity index is 1.76. The first kappa shape index (κ1) is 33.8. The zero-order chi connectivity index (χ0) is 37.3. The highest BCUT2D eigenvalue weighted by molar-refractivity contribution is 6.28. The number of nitriles is 1. The van der Waals surface area contributed by atoms with E-state index in [-0.39, 0.29) is 39.7 Å². The number of anilines is 3. The van der Waals surface area contributed by atoms with Crippen molar-refractivity contribution in [2.75, 3.05) is 71.1 Å². The van der Waals surface area contributed by atoms with Crippen LogP contribution < -0.4 is 19.8 Å². The topological polar surface area (TPSA) is 104 Å². The summed E-state index contributed by atoms with van der Waals surface area (Å²) in [7, 11) is 15.5. The number of allylic oxidation sites excluding steroid dienone is 3. The van der Waals surface area contributed by atoms with Crippen molar-refractivity contribution in [3.05, 3.63) is 135 Å². The van der Waals surface area contributed by atoms with Gasteiger partial charge in [-0.15, -0.1) is 0 Å². The zero-order valence-corrected chi connectivity index (χ0v) is 30.4. The van der Waals surface area contributed by atoms with E-state index >= 15 is 5.11 Å². The Hall–Kier alpha value is -6.71. The van der Waals surface area contributed by atoms with E-state index in [2.05, 4.69) is 10.9 Å². The van der Waals surface area contributed by atoms with Crippen LogP contribution in [0.15, 0.2) is 95.4 Å². The van der Waals surface area contributed by atoms with E-state index in [1.807, 2.05) is 130 Å². The average molecular weight is 687 g/mol. The molecule has 2 aliphatic carbocycles. The van der Waals surface area contributed by atoms with Gasteiger partial charge in [-0.25, -0.2) is 14.7 Å². The molecule has 0 fully saturated rings. The van der Waals surface area contributed by atoms with Gasteiger partial charge in [0.2, 0.25) is 5.71 Å². The summed E-state index contributed by atoms with van der Waals surface area (Å²) in [4.78, 5) is 9.64. The molecule has 9 heteroatoms. The molecule has 0 saturated carbocycles. The molecule has 2 N–H and O–H groups in total. The van der Waals surface area contributed by atoms with Gasteiger partial charge in [-0.1, -0.05) is 54.3 Å². The lowest BCUT2D eigenvalue weighted by Crippen LogP contribution is -2.31. The van der Waals surface area contributed by atoms with Crippen molar-refractivity contribution in [1.82, 2.24) is 0 Å². The van der Waals surface area contributed by atoms with E-state index < -0.39 is 0 Å². The van der Waals surface area contributed by atoms with Crippen LogP contribution in [0.2, 0.25) is 0 Å². The molecule has 0 radical (unpaired) electrons. The lowest BCUT2D eigenvalue weighted by atomic mass is 9.68. The summed E-state index contributed by atoms with van der Waals surface area (Å²) in [6.45, 7) is 8.18. The minimum Gasteiger partial charge on any atom is -0.872 e. The number of rotatable bonds is 4. The first-order chi connectivity index (χ1) is 24.8. The Morgan fingerprint density at radius 3 is 1.94 bits per heavy atom. The number of nitrogens with zero attached hydrogens (tertiary/aromatic N) is 6. The van der Waals surface area contributed by atoms with Crippen LogP contribution in [0.1, 0.15) is 27.8 Å². The SMILES string of the molecule is [C-]#[N+]/C(C#N)=C1C(c2c3ccccc3c(N(C)C)c3cccc(O)c23)=C([O-])C/1=C1\c2cccc(N(C)C)c2C(=[N+](C)C)c2c(N(C)C)ccc(O)c21. The molecule has 52 heavy (non-hydrogen) atoms. The highest BCUT2D eigenvalue weighted by atomic mass is 16.3. The van der Waals surface area contributed by atoms with Crippen molar-refractivity contribution in [3.63, 3.8) is 0 Å². The zero-order valence-electron chi connectivity index (χ0n) is 30.4. The van der Waals surface area contributed by atoms with Gasteiger partial charge in [0.05, 0.1) is 40.8 Å². The molecule has 0 atom stereocenters. The lowest BCUT2D eigenvalue weighted by molar-refractivity contribution is -0.463. The normalized spacial score (nSPS) is 15.8. The first-order valence-electron chi connectivity index (χ1n) is 16.8. The first-order valence-corrected chi connectivity index (χ1v) is 16.8. The summed E-state index contributed by atoms with van der Waals surface area (Å²) in [5.41, 5.74) is 7.36. The van der Waals surface area contributed by atoms with Crippen LogP contribution in [0.25, 0.3) is 37.5 Å². The van der Waals surface area contributed by atoms with Crippen molar-refractivity contribution in [2.45, 2.75) is 0 Å². The molecular formula is C43H38N6O3. The molecule has 0 unspecified atom stereocenters. The predicted molar refractivity (Wildman–Crippen MR) is 208 cm³/mol. The van der Waals surface area contributed by atoms with E-state index in [4.69, 9.17) is 6.57 Å². The van der Waals surface area contributed by atoms with Gasteiger partial charge in [0.1, 0.15) is 25.6 Å². The fourth-order valence-corrected chi connectivity index (χ4v) is 7.98. The maximum Gasteiger partial charge on any atom is 0.270 e. The quantitative estimate of drug-likeness (QED) is 0.0970. The summed E-state index contributed by atoms with van der Waals surface area (Å²) < 4.78 is 2.02. The van der Waals surface area contributed by atoms with Gasteiger partial charge in [-0.2, -0.15) is 0 Å².